The molecule has 1 aliphatic rings. The molecule has 0 spiro atoms. The van der Waals surface area contributed by atoms with Crippen LogP contribution in [0.25, 0.3) is 11.8 Å². The molecule has 1 amide bonds. The summed E-state index contributed by atoms with van der Waals surface area (Å²) >= 11 is 3.42. The van der Waals surface area contributed by atoms with E-state index < -0.39 is 5.97 Å². The van der Waals surface area contributed by atoms with Gasteiger partial charge in [0.25, 0.3) is 5.91 Å². The highest BCUT2D eigenvalue weighted by molar-refractivity contribution is 9.10. The van der Waals surface area contributed by atoms with Crippen molar-refractivity contribution in [2.45, 2.75) is 20.8 Å². The minimum atomic E-state index is -0.529. The first-order valence-electron chi connectivity index (χ1n) is 10.2. The number of amides is 1. The van der Waals surface area contributed by atoms with Crippen molar-refractivity contribution >= 4 is 39.6 Å². The molecule has 162 valence electrons. The summed E-state index contributed by atoms with van der Waals surface area (Å²) in [5, 5.41) is 0. The lowest BCUT2D eigenvalue weighted by atomic mass is 10.0. The van der Waals surface area contributed by atoms with E-state index in [-0.39, 0.29) is 11.5 Å². The van der Waals surface area contributed by atoms with Gasteiger partial charge in [-0.15, -0.1) is 0 Å². The van der Waals surface area contributed by atoms with Crippen molar-refractivity contribution in [3.8, 4) is 5.69 Å². The number of allylic oxidation sites excluding steroid dienone is 1. The highest BCUT2D eigenvalue weighted by Gasteiger charge is 2.38. The molecule has 0 bridgehead atoms. The fraction of sp³-hybridized carbons (Fsp3) is 0.154. The number of carbonyl (C=O) groups is 2. The van der Waals surface area contributed by atoms with E-state index in [0.29, 0.717) is 17.0 Å². The molecule has 0 N–H and O–H groups in total. The average molecular weight is 491 g/mol. The van der Waals surface area contributed by atoms with E-state index in [1.54, 1.807) is 17.9 Å². The van der Waals surface area contributed by atoms with Gasteiger partial charge in [0, 0.05) is 32.9 Å². The van der Waals surface area contributed by atoms with E-state index >= 15 is 0 Å². The van der Waals surface area contributed by atoms with Gasteiger partial charge in [-0.1, -0.05) is 34.1 Å². The van der Waals surface area contributed by atoms with Crippen LogP contribution >= 0.6 is 15.9 Å². The third-order valence-corrected chi connectivity index (χ3v) is 6.19. The summed E-state index contributed by atoms with van der Waals surface area (Å²) in [5.41, 5.74) is 5.79. The predicted molar refractivity (Wildman–Crippen MR) is 130 cm³/mol. The first-order chi connectivity index (χ1) is 15.3. The lowest BCUT2D eigenvalue weighted by Gasteiger charge is -2.18. The number of carbonyl (C=O) groups excluding carboxylic acids is 2. The van der Waals surface area contributed by atoms with Crippen molar-refractivity contribution in [2.24, 2.45) is 0 Å². The Morgan fingerprint density at radius 1 is 0.969 bits per heavy atom. The van der Waals surface area contributed by atoms with Crippen LogP contribution in [0.1, 0.15) is 23.9 Å². The SMILES string of the molecule is COC(=O)C1=C(C)N(c2ccc(Br)cc2)C(=O)/C1=C\c1cc(C)n(-c2ccccc2)c1C. The number of hydrogen-bond acceptors (Lipinski definition) is 3. The molecule has 4 rings (SSSR count). The maximum absolute atomic E-state index is 13.5. The van der Waals surface area contributed by atoms with Gasteiger partial charge in [0.1, 0.15) is 0 Å². The average Bonchev–Trinajstić information content (AvgIpc) is 3.20. The van der Waals surface area contributed by atoms with E-state index in [0.717, 1.165) is 27.1 Å². The molecule has 5 nitrogen and oxygen atoms in total. The standard InChI is InChI=1S/C26H23BrN2O3/c1-16-14-19(17(2)28(16)21-8-6-5-7-9-21)15-23-24(26(31)32-4)18(3)29(25(23)30)22-12-10-20(27)11-13-22/h5-15H,1-4H3/b23-15-. The monoisotopic (exact) mass is 490 g/mol. The van der Waals surface area contributed by atoms with E-state index in [1.807, 2.05) is 74.5 Å². The van der Waals surface area contributed by atoms with Gasteiger partial charge in [-0.2, -0.15) is 0 Å². The molecule has 0 radical (unpaired) electrons. The number of hydrogen-bond donors (Lipinski definition) is 0. The molecule has 32 heavy (non-hydrogen) atoms. The quantitative estimate of drug-likeness (QED) is 0.346. The van der Waals surface area contributed by atoms with Crippen LogP contribution in [0.4, 0.5) is 5.69 Å². The van der Waals surface area contributed by atoms with Gasteiger partial charge in [-0.25, -0.2) is 4.79 Å². The lowest BCUT2D eigenvalue weighted by molar-refractivity contribution is -0.136. The molecule has 1 aliphatic heterocycles. The van der Waals surface area contributed by atoms with E-state index in [2.05, 4.69) is 20.5 Å². The number of halogens is 1. The summed E-state index contributed by atoms with van der Waals surface area (Å²) in [6.07, 6.45) is 1.79. The topological polar surface area (TPSA) is 51.5 Å². The number of aryl methyl sites for hydroxylation is 1. The molecule has 3 aromatic rings. The van der Waals surface area contributed by atoms with Crippen molar-refractivity contribution in [1.82, 2.24) is 4.57 Å². The van der Waals surface area contributed by atoms with Crippen molar-refractivity contribution in [3.63, 3.8) is 0 Å². The van der Waals surface area contributed by atoms with Crippen LogP contribution in [-0.2, 0) is 14.3 Å². The Bertz CT molecular complexity index is 1270. The molecule has 6 heteroatoms. The van der Waals surface area contributed by atoms with Crippen LogP contribution < -0.4 is 4.90 Å². The van der Waals surface area contributed by atoms with Gasteiger partial charge < -0.3 is 9.30 Å². The van der Waals surface area contributed by atoms with Crippen molar-refractivity contribution in [1.29, 1.82) is 0 Å². The molecule has 0 saturated heterocycles. The minimum Gasteiger partial charge on any atom is -0.465 e. The summed E-state index contributed by atoms with van der Waals surface area (Å²) in [6, 6.07) is 19.5. The highest BCUT2D eigenvalue weighted by Crippen LogP contribution is 2.36. The number of para-hydroxylation sites is 1. The third-order valence-electron chi connectivity index (χ3n) is 5.66. The van der Waals surface area contributed by atoms with E-state index in [9.17, 15) is 9.59 Å². The number of nitrogens with zero attached hydrogens (tertiary/aromatic N) is 2. The smallest absolute Gasteiger partial charge is 0.340 e. The summed E-state index contributed by atoms with van der Waals surface area (Å²) in [5.74, 6) is -0.784. The van der Waals surface area contributed by atoms with Crippen LogP contribution in [0.15, 0.2) is 82.0 Å². The Morgan fingerprint density at radius 3 is 2.25 bits per heavy atom. The second-order valence-corrected chi connectivity index (χ2v) is 8.54. The van der Waals surface area contributed by atoms with Crippen LogP contribution in [0.5, 0.6) is 0 Å². The second-order valence-electron chi connectivity index (χ2n) is 7.62. The molecule has 0 aliphatic carbocycles. The van der Waals surface area contributed by atoms with Crippen LogP contribution in [0.3, 0.4) is 0 Å². The van der Waals surface area contributed by atoms with E-state index in [1.165, 1.54) is 7.11 Å². The molecular formula is C26H23BrN2O3. The van der Waals surface area contributed by atoms with Gasteiger partial charge in [-0.05, 0) is 74.9 Å². The summed E-state index contributed by atoms with van der Waals surface area (Å²) in [7, 11) is 1.33. The molecule has 0 atom stereocenters. The first kappa shape index (κ1) is 21.8. The zero-order valence-corrected chi connectivity index (χ0v) is 19.9. The summed E-state index contributed by atoms with van der Waals surface area (Å²) in [6.45, 7) is 5.79. The fourth-order valence-electron chi connectivity index (χ4n) is 4.14. The van der Waals surface area contributed by atoms with Crippen molar-refractivity contribution in [3.05, 3.63) is 98.9 Å². The predicted octanol–water partition coefficient (Wildman–Crippen LogP) is 5.73. The second kappa shape index (κ2) is 8.63. The molecule has 0 saturated carbocycles. The highest BCUT2D eigenvalue weighted by atomic mass is 79.9. The number of anilines is 1. The maximum Gasteiger partial charge on any atom is 0.340 e. The van der Waals surface area contributed by atoms with E-state index in [4.69, 9.17) is 4.74 Å². The van der Waals surface area contributed by atoms with Gasteiger partial charge in [0.2, 0.25) is 0 Å². The number of ether oxygens (including phenoxy) is 1. The number of rotatable bonds is 4. The van der Waals surface area contributed by atoms with Crippen LogP contribution in [0.2, 0.25) is 0 Å². The van der Waals surface area contributed by atoms with Crippen molar-refractivity contribution < 1.29 is 14.3 Å². The zero-order chi connectivity index (χ0) is 23.0. The Morgan fingerprint density at radius 2 is 1.62 bits per heavy atom. The van der Waals surface area contributed by atoms with Crippen molar-refractivity contribution in [2.75, 3.05) is 12.0 Å². The van der Waals surface area contributed by atoms with Gasteiger partial charge in [0.05, 0.1) is 18.3 Å². The Hall–Kier alpha value is -3.38. The summed E-state index contributed by atoms with van der Waals surface area (Å²) < 4.78 is 8.06. The summed E-state index contributed by atoms with van der Waals surface area (Å²) in [4.78, 5) is 27.7. The molecular weight excluding hydrogens is 468 g/mol. The normalized spacial score (nSPS) is 15.1. The molecule has 0 unspecified atom stereocenters. The van der Waals surface area contributed by atoms with Gasteiger partial charge >= 0.3 is 5.97 Å². The lowest BCUT2D eigenvalue weighted by Crippen LogP contribution is -2.24. The van der Waals surface area contributed by atoms with Gasteiger partial charge in [0.15, 0.2) is 0 Å². The Labute approximate surface area is 195 Å². The Balaban J connectivity index is 1.85. The number of aromatic nitrogens is 1. The molecule has 2 aromatic carbocycles. The fourth-order valence-corrected chi connectivity index (χ4v) is 4.41. The number of methoxy groups -OCH3 is 1. The van der Waals surface area contributed by atoms with Gasteiger partial charge in [-0.3, -0.25) is 9.69 Å². The number of esters is 1. The molecule has 1 aromatic heterocycles. The third kappa shape index (κ3) is 3.71. The maximum atomic E-state index is 13.5. The number of benzene rings is 2. The first-order valence-corrected chi connectivity index (χ1v) is 11.0. The van der Waals surface area contributed by atoms with Crippen LogP contribution in [-0.4, -0.2) is 23.6 Å². The largest absolute Gasteiger partial charge is 0.465 e. The molecule has 2 heterocycles. The van der Waals surface area contributed by atoms with Crippen LogP contribution in [0, 0.1) is 13.8 Å². The molecule has 0 fully saturated rings. The minimum absolute atomic E-state index is 0.255. The Kier molecular flexibility index (Phi) is 5.89. The zero-order valence-electron chi connectivity index (χ0n) is 18.3.